The minimum Gasteiger partial charge on any atom is -0.476 e. The van der Waals surface area contributed by atoms with Crippen LogP contribution >= 0.6 is 0 Å². The van der Waals surface area contributed by atoms with Gasteiger partial charge in [-0.15, -0.1) is 0 Å². The van der Waals surface area contributed by atoms with Crippen molar-refractivity contribution in [2.75, 3.05) is 20.8 Å². The van der Waals surface area contributed by atoms with E-state index >= 15 is 0 Å². The van der Waals surface area contributed by atoms with Gasteiger partial charge in [0, 0.05) is 21.1 Å². The highest BCUT2D eigenvalue weighted by atomic mass is 16.7. The van der Waals surface area contributed by atoms with Crippen LogP contribution in [-0.2, 0) is 23.8 Å². The first kappa shape index (κ1) is 27.0. The number of aliphatic hydroxyl groups excluding tert-OH is 2. The largest absolute Gasteiger partial charge is 0.476 e. The number of carbonyl (C=O) groups excluding carboxylic acids is 1. The van der Waals surface area contributed by atoms with Crippen LogP contribution in [0.5, 0.6) is 5.75 Å². The molecule has 1 aromatic carbocycles. The number of aryl methyl sites for hydroxylation is 1. The van der Waals surface area contributed by atoms with Crippen molar-refractivity contribution < 1.29 is 43.9 Å². The smallest absolute Gasteiger partial charge is 0.377 e. The summed E-state index contributed by atoms with van der Waals surface area (Å²) >= 11 is 0. The Morgan fingerprint density at radius 2 is 1.97 bits per heavy atom. The minimum absolute atomic E-state index is 0.183. The zero-order chi connectivity index (χ0) is 24.9. The Labute approximate surface area is 193 Å². The summed E-state index contributed by atoms with van der Waals surface area (Å²) in [6.45, 7) is 6.43. The summed E-state index contributed by atoms with van der Waals surface area (Å²) in [7, 11) is 2.66. The molecule has 0 saturated carbocycles. The number of rotatable bonds is 10. The lowest BCUT2D eigenvalue weighted by Crippen LogP contribution is -2.69. The zero-order valence-electron chi connectivity index (χ0n) is 19.9. The van der Waals surface area contributed by atoms with E-state index in [0.29, 0.717) is 11.3 Å². The summed E-state index contributed by atoms with van der Waals surface area (Å²) in [6, 6.07) is 4.66. The first-order valence-corrected chi connectivity index (χ1v) is 10.8. The molecule has 1 aromatic rings. The first-order valence-electron chi connectivity index (χ1n) is 10.8. The van der Waals surface area contributed by atoms with Crippen molar-refractivity contribution in [3.63, 3.8) is 0 Å². The van der Waals surface area contributed by atoms with E-state index in [9.17, 15) is 24.9 Å². The topological polar surface area (TPSA) is 144 Å². The molecule has 1 aliphatic heterocycles. The van der Waals surface area contributed by atoms with Crippen LogP contribution in [-0.4, -0.2) is 84.3 Å². The fourth-order valence-corrected chi connectivity index (χ4v) is 3.98. The predicted molar refractivity (Wildman–Crippen MR) is 118 cm³/mol. The highest BCUT2D eigenvalue weighted by Crippen LogP contribution is 2.38. The molecule has 186 valence electrons. The SMILES string of the molecule is COC1CC(Oc2cc(C(C)C)ccc2C)(C(=O)O)OC(C(OC)C(O)CO)C1NC(C)=O. The van der Waals surface area contributed by atoms with Gasteiger partial charge in [-0.25, -0.2) is 4.79 Å². The summed E-state index contributed by atoms with van der Waals surface area (Å²) in [5.41, 5.74) is 1.66. The summed E-state index contributed by atoms with van der Waals surface area (Å²) < 4.78 is 22.9. The molecule has 0 aromatic heterocycles. The van der Waals surface area contributed by atoms with E-state index in [1.165, 1.54) is 21.1 Å². The molecule has 10 heteroatoms. The van der Waals surface area contributed by atoms with Crippen molar-refractivity contribution in [1.82, 2.24) is 5.32 Å². The molecule has 0 aliphatic carbocycles. The number of hydrogen-bond acceptors (Lipinski definition) is 8. The zero-order valence-corrected chi connectivity index (χ0v) is 19.9. The van der Waals surface area contributed by atoms with E-state index in [1.807, 2.05) is 26.0 Å². The van der Waals surface area contributed by atoms with Crippen LogP contribution in [0.2, 0.25) is 0 Å². The summed E-state index contributed by atoms with van der Waals surface area (Å²) in [5, 5.41) is 32.7. The maximum atomic E-state index is 12.6. The van der Waals surface area contributed by atoms with Gasteiger partial charge in [-0.1, -0.05) is 26.0 Å². The molecule has 1 fully saturated rings. The molecular formula is C23H35NO9. The predicted octanol–water partition coefficient (Wildman–Crippen LogP) is 0.955. The average Bonchev–Trinajstić information content (AvgIpc) is 2.76. The molecule has 0 spiro atoms. The maximum Gasteiger partial charge on any atom is 0.377 e. The molecule has 1 amide bonds. The normalized spacial score (nSPS) is 27.1. The van der Waals surface area contributed by atoms with E-state index < -0.39 is 54.7 Å². The Hall–Kier alpha value is -2.24. The number of carboxylic acid groups (broad SMARTS) is 1. The Bertz CT molecular complexity index is 830. The van der Waals surface area contributed by atoms with E-state index in [-0.39, 0.29) is 12.3 Å². The summed E-state index contributed by atoms with van der Waals surface area (Å²) in [5.74, 6) is -3.51. The summed E-state index contributed by atoms with van der Waals surface area (Å²) in [6.07, 6.45) is -4.93. The molecule has 6 atom stereocenters. The maximum absolute atomic E-state index is 12.6. The van der Waals surface area contributed by atoms with Crippen LogP contribution in [0.25, 0.3) is 0 Å². The number of aliphatic hydroxyl groups is 2. The molecule has 1 heterocycles. The molecule has 0 bridgehead atoms. The van der Waals surface area contributed by atoms with E-state index in [0.717, 1.165) is 5.56 Å². The molecule has 1 aliphatic rings. The van der Waals surface area contributed by atoms with E-state index in [1.54, 1.807) is 13.0 Å². The lowest BCUT2D eigenvalue weighted by Gasteiger charge is -2.48. The van der Waals surface area contributed by atoms with Gasteiger partial charge < -0.3 is 39.6 Å². The number of nitrogens with one attached hydrogen (secondary N) is 1. The van der Waals surface area contributed by atoms with Crippen molar-refractivity contribution in [3.8, 4) is 5.75 Å². The van der Waals surface area contributed by atoms with E-state index in [4.69, 9.17) is 18.9 Å². The quantitative estimate of drug-likeness (QED) is 0.394. The number of hydrogen-bond donors (Lipinski definition) is 4. The molecule has 2 rings (SSSR count). The standard InChI is InChI=1S/C23H35NO9/c1-12(2)15-8-7-13(3)17(9-15)32-23(22(28)29)10-18(30-5)19(24-14(4)26)21(33-23)20(31-6)16(27)11-25/h7-9,12,16,18-21,25,27H,10-11H2,1-6H3,(H,24,26)(H,28,29). The fraction of sp³-hybridized carbons (Fsp3) is 0.652. The Kier molecular flexibility index (Phi) is 9.21. The molecule has 10 nitrogen and oxygen atoms in total. The second-order valence-electron chi connectivity index (χ2n) is 8.58. The second-order valence-corrected chi connectivity index (χ2v) is 8.58. The number of carbonyl (C=O) groups is 2. The van der Waals surface area contributed by atoms with Crippen molar-refractivity contribution >= 4 is 11.9 Å². The third-order valence-corrected chi connectivity index (χ3v) is 5.87. The molecule has 33 heavy (non-hydrogen) atoms. The average molecular weight is 470 g/mol. The number of aliphatic carboxylic acids is 1. The fourth-order valence-electron chi connectivity index (χ4n) is 3.98. The van der Waals surface area contributed by atoms with E-state index in [2.05, 4.69) is 5.32 Å². The lowest BCUT2D eigenvalue weighted by atomic mass is 9.88. The van der Waals surface area contributed by atoms with Gasteiger partial charge in [-0.3, -0.25) is 4.79 Å². The van der Waals surface area contributed by atoms with Crippen LogP contribution < -0.4 is 10.1 Å². The van der Waals surface area contributed by atoms with Gasteiger partial charge in [0.1, 0.15) is 24.1 Å². The van der Waals surface area contributed by atoms with Gasteiger partial charge in [0.25, 0.3) is 0 Å². The molecule has 6 unspecified atom stereocenters. The minimum atomic E-state index is -2.20. The third kappa shape index (κ3) is 6.01. The molecule has 4 N–H and O–H groups in total. The highest BCUT2D eigenvalue weighted by Gasteiger charge is 2.57. The Balaban J connectivity index is 2.57. The van der Waals surface area contributed by atoms with Gasteiger partial charge in [-0.05, 0) is 30.0 Å². The number of amides is 1. The van der Waals surface area contributed by atoms with Gasteiger partial charge in [0.2, 0.25) is 5.91 Å². The first-order chi connectivity index (χ1) is 15.5. The van der Waals surface area contributed by atoms with Crippen LogP contribution in [0, 0.1) is 6.92 Å². The van der Waals surface area contributed by atoms with Gasteiger partial charge in [0.05, 0.1) is 25.2 Å². The number of carboxylic acids is 1. The molecule has 0 radical (unpaired) electrons. The number of ether oxygens (including phenoxy) is 4. The van der Waals surface area contributed by atoms with Gasteiger partial charge >= 0.3 is 11.8 Å². The van der Waals surface area contributed by atoms with Crippen molar-refractivity contribution in [1.29, 1.82) is 0 Å². The van der Waals surface area contributed by atoms with Crippen molar-refractivity contribution in [2.45, 2.75) is 76.3 Å². The number of benzene rings is 1. The van der Waals surface area contributed by atoms with Crippen molar-refractivity contribution in [3.05, 3.63) is 29.3 Å². The third-order valence-electron chi connectivity index (χ3n) is 5.87. The van der Waals surface area contributed by atoms with Crippen molar-refractivity contribution in [2.24, 2.45) is 0 Å². The van der Waals surface area contributed by atoms with Gasteiger partial charge in [-0.2, -0.15) is 0 Å². The van der Waals surface area contributed by atoms with Crippen LogP contribution in [0.3, 0.4) is 0 Å². The Morgan fingerprint density at radius 3 is 2.45 bits per heavy atom. The van der Waals surface area contributed by atoms with Crippen LogP contribution in [0.1, 0.15) is 44.2 Å². The van der Waals surface area contributed by atoms with Crippen LogP contribution in [0.15, 0.2) is 18.2 Å². The monoisotopic (exact) mass is 469 g/mol. The lowest BCUT2D eigenvalue weighted by molar-refractivity contribution is -0.288. The summed E-state index contributed by atoms with van der Waals surface area (Å²) in [4.78, 5) is 24.4. The van der Waals surface area contributed by atoms with Gasteiger partial charge in [0.15, 0.2) is 0 Å². The number of methoxy groups -OCH3 is 2. The molecule has 1 saturated heterocycles. The highest BCUT2D eigenvalue weighted by molar-refractivity contribution is 5.77. The second kappa shape index (κ2) is 11.3. The Morgan fingerprint density at radius 1 is 1.30 bits per heavy atom. The van der Waals surface area contributed by atoms with Crippen LogP contribution in [0.4, 0.5) is 0 Å². The molecular weight excluding hydrogens is 434 g/mol.